The lowest BCUT2D eigenvalue weighted by molar-refractivity contribution is -0.121. The van der Waals surface area contributed by atoms with Crippen molar-refractivity contribution in [2.45, 2.75) is 12.5 Å². The lowest BCUT2D eigenvalue weighted by Gasteiger charge is -2.17. The molecule has 1 atom stereocenters. The monoisotopic (exact) mass is 346 g/mol. The molecule has 26 heavy (non-hydrogen) atoms. The molecule has 0 bridgehead atoms. The van der Waals surface area contributed by atoms with Gasteiger partial charge in [0.1, 0.15) is 5.92 Å². The molecule has 1 N–H and O–H groups in total. The van der Waals surface area contributed by atoms with Crippen LogP contribution in [0.15, 0.2) is 72.9 Å². The first-order valence-corrected chi connectivity index (χ1v) is 8.43. The minimum Gasteiger partial charge on any atom is -0.454 e. The first-order chi connectivity index (χ1) is 12.8. The van der Waals surface area contributed by atoms with E-state index in [2.05, 4.69) is 10.3 Å². The molecule has 0 saturated carbocycles. The molecule has 1 aromatic heterocycles. The van der Waals surface area contributed by atoms with E-state index in [0.29, 0.717) is 12.3 Å². The summed E-state index contributed by atoms with van der Waals surface area (Å²) in [6.45, 7) is 0.645. The highest BCUT2D eigenvalue weighted by Crippen LogP contribution is 2.32. The van der Waals surface area contributed by atoms with Gasteiger partial charge in [0.05, 0.1) is 5.69 Å². The predicted molar refractivity (Wildman–Crippen MR) is 96.9 cm³/mol. The maximum atomic E-state index is 12.9. The number of hydrogen-bond acceptors (Lipinski definition) is 4. The van der Waals surface area contributed by atoms with Crippen LogP contribution in [0.1, 0.15) is 22.7 Å². The summed E-state index contributed by atoms with van der Waals surface area (Å²) in [5.41, 5.74) is 2.59. The van der Waals surface area contributed by atoms with Crippen molar-refractivity contribution in [2.24, 2.45) is 0 Å². The molecule has 130 valence electrons. The van der Waals surface area contributed by atoms with Crippen molar-refractivity contribution < 1.29 is 14.3 Å². The van der Waals surface area contributed by atoms with E-state index in [1.165, 1.54) is 0 Å². The summed E-state index contributed by atoms with van der Waals surface area (Å²) in [6.07, 6.45) is 1.70. The van der Waals surface area contributed by atoms with E-state index >= 15 is 0 Å². The number of benzene rings is 2. The highest BCUT2D eigenvalue weighted by atomic mass is 16.7. The third kappa shape index (κ3) is 3.37. The Hall–Kier alpha value is -3.34. The van der Waals surface area contributed by atoms with Gasteiger partial charge in [-0.1, -0.05) is 42.5 Å². The predicted octanol–water partition coefficient (Wildman–Crippen LogP) is 3.26. The number of fused-ring (bicyclic) bond motifs is 1. The van der Waals surface area contributed by atoms with Crippen molar-refractivity contribution in [2.75, 3.05) is 6.79 Å². The molecule has 0 spiro atoms. The van der Waals surface area contributed by atoms with Crippen LogP contribution in [0, 0.1) is 0 Å². The van der Waals surface area contributed by atoms with Crippen LogP contribution >= 0.6 is 0 Å². The van der Waals surface area contributed by atoms with Crippen molar-refractivity contribution >= 4 is 5.91 Å². The van der Waals surface area contributed by atoms with Gasteiger partial charge < -0.3 is 14.8 Å². The summed E-state index contributed by atoms with van der Waals surface area (Å²) < 4.78 is 10.7. The quantitative estimate of drug-likeness (QED) is 0.770. The van der Waals surface area contributed by atoms with Gasteiger partial charge in [-0.15, -0.1) is 0 Å². The lowest BCUT2D eigenvalue weighted by Crippen LogP contribution is -2.30. The van der Waals surface area contributed by atoms with Crippen LogP contribution in [0.3, 0.4) is 0 Å². The largest absolute Gasteiger partial charge is 0.454 e. The van der Waals surface area contributed by atoms with E-state index < -0.39 is 5.92 Å². The fourth-order valence-electron chi connectivity index (χ4n) is 2.99. The molecule has 2 heterocycles. The fraction of sp³-hybridized carbons (Fsp3) is 0.143. The fourth-order valence-corrected chi connectivity index (χ4v) is 2.99. The van der Waals surface area contributed by atoms with E-state index in [1.807, 2.05) is 66.7 Å². The van der Waals surface area contributed by atoms with Gasteiger partial charge in [0, 0.05) is 12.7 Å². The smallest absolute Gasteiger partial charge is 0.233 e. The van der Waals surface area contributed by atoms with E-state index in [1.54, 1.807) is 6.20 Å². The lowest BCUT2D eigenvalue weighted by atomic mass is 9.94. The minimum absolute atomic E-state index is 0.0902. The summed E-state index contributed by atoms with van der Waals surface area (Å²) in [7, 11) is 0. The number of hydrogen-bond donors (Lipinski definition) is 1. The first-order valence-electron chi connectivity index (χ1n) is 8.43. The second kappa shape index (κ2) is 7.27. The van der Waals surface area contributed by atoms with Crippen molar-refractivity contribution in [3.63, 3.8) is 0 Å². The molecule has 0 radical (unpaired) electrons. The zero-order valence-electron chi connectivity index (χ0n) is 14.1. The van der Waals surface area contributed by atoms with Crippen LogP contribution < -0.4 is 14.8 Å². The number of rotatable bonds is 5. The average Bonchev–Trinajstić information content (AvgIpc) is 3.16. The van der Waals surface area contributed by atoms with Gasteiger partial charge in [-0.2, -0.15) is 0 Å². The highest BCUT2D eigenvalue weighted by molar-refractivity contribution is 5.86. The molecule has 0 saturated heterocycles. The Morgan fingerprint density at radius 3 is 2.62 bits per heavy atom. The van der Waals surface area contributed by atoms with E-state index in [4.69, 9.17) is 9.47 Å². The van der Waals surface area contributed by atoms with Crippen molar-refractivity contribution in [3.05, 3.63) is 89.7 Å². The van der Waals surface area contributed by atoms with Gasteiger partial charge in [0.25, 0.3) is 0 Å². The molecule has 5 heteroatoms. The average molecular weight is 346 g/mol. The van der Waals surface area contributed by atoms with Crippen molar-refractivity contribution in [1.29, 1.82) is 0 Å². The molecular formula is C21H18N2O3. The zero-order valence-corrected chi connectivity index (χ0v) is 14.1. The van der Waals surface area contributed by atoms with Gasteiger partial charge in [0.15, 0.2) is 11.5 Å². The molecule has 1 aliphatic rings. The van der Waals surface area contributed by atoms with Crippen LogP contribution in [0.5, 0.6) is 11.5 Å². The maximum Gasteiger partial charge on any atom is 0.233 e. The number of carbonyl (C=O) groups is 1. The number of aromatic nitrogens is 1. The Balaban J connectivity index is 1.53. The van der Waals surface area contributed by atoms with Gasteiger partial charge in [-0.3, -0.25) is 9.78 Å². The van der Waals surface area contributed by atoms with Gasteiger partial charge >= 0.3 is 0 Å². The van der Waals surface area contributed by atoms with Gasteiger partial charge in [0.2, 0.25) is 12.7 Å². The molecule has 1 aliphatic heterocycles. The Bertz CT molecular complexity index is 858. The topological polar surface area (TPSA) is 60.5 Å². The van der Waals surface area contributed by atoms with E-state index in [9.17, 15) is 4.79 Å². The summed E-state index contributed by atoms with van der Waals surface area (Å²) in [5.74, 6) is 0.899. The van der Waals surface area contributed by atoms with Gasteiger partial charge in [-0.05, 0) is 35.4 Å². The highest BCUT2D eigenvalue weighted by Gasteiger charge is 2.23. The van der Waals surface area contributed by atoms with Crippen LogP contribution in [-0.4, -0.2) is 17.7 Å². The van der Waals surface area contributed by atoms with Crippen LogP contribution in [0.4, 0.5) is 0 Å². The summed E-state index contributed by atoms with van der Waals surface area (Å²) >= 11 is 0. The Labute approximate surface area is 151 Å². The van der Waals surface area contributed by atoms with Crippen LogP contribution in [0.25, 0.3) is 0 Å². The summed E-state index contributed by atoms with van der Waals surface area (Å²) in [4.78, 5) is 17.3. The molecule has 1 amide bonds. The number of ether oxygens (including phenoxy) is 2. The Morgan fingerprint density at radius 2 is 1.81 bits per heavy atom. The zero-order chi connectivity index (χ0) is 17.8. The third-order valence-electron chi connectivity index (χ3n) is 4.28. The van der Waals surface area contributed by atoms with Crippen LogP contribution in [0.2, 0.25) is 0 Å². The second-order valence-electron chi connectivity index (χ2n) is 6.00. The van der Waals surface area contributed by atoms with E-state index in [-0.39, 0.29) is 12.7 Å². The normalized spacial score (nSPS) is 13.2. The molecule has 3 aromatic rings. The first kappa shape index (κ1) is 16.1. The van der Waals surface area contributed by atoms with E-state index in [0.717, 1.165) is 22.6 Å². The Kier molecular flexibility index (Phi) is 4.51. The van der Waals surface area contributed by atoms with Crippen LogP contribution in [-0.2, 0) is 11.3 Å². The summed E-state index contributed by atoms with van der Waals surface area (Å²) in [5, 5.41) is 3.01. The summed E-state index contributed by atoms with van der Waals surface area (Å²) in [6, 6.07) is 21.0. The second-order valence-corrected chi connectivity index (χ2v) is 6.00. The molecule has 2 aromatic carbocycles. The number of pyridine rings is 1. The molecule has 5 nitrogen and oxygen atoms in total. The van der Waals surface area contributed by atoms with Crippen molar-refractivity contribution in [1.82, 2.24) is 10.3 Å². The molecular weight excluding hydrogens is 328 g/mol. The number of nitrogens with zero attached hydrogens (tertiary/aromatic N) is 1. The number of carbonyl (C=O) groups excluding carboxylic acids is 1. The third-order valence-corrected chi connectivity index (χ3v) is 4.28. The number of nitrogens with one attached hydrogen (secondary N) is 1. The molecule has 1 unspecified atom stereocenters. The van der Waals surface area contributed by atoms with Crippen molar-refractivity contribution in [3.8, 4) is 11.5 Å². The molecule has 4 rings (SSSR count). The maximum absolute atomic E-state index is 12.9. The Morgan fingerprint density at radius 1 is 1.00 bits per heavy atom. The van der Waals surface area contributed by atoms with Gasteiger partial charge in [-0.25, -0.2) is 0 Å². The number of amides is 1. The molecule has 0 fully saturated rings. The molecule has 0 aliphatic carbocycles. The minimum atomic E-state index is -0.452. The standard InChI is InChI=1S/C21H18N2O3/c24-21(23-13-15-9-10-18-19(12-15)26-14-25-18)20(16-6-2-1-3-7-16)17-8-4-5-11-22-17/h1-12,20H,13-14H2,(H,23,24). The SMILES string of the molecule is O=C(NCc1ccc2c(c1)OCO2)C(c1ccccc1)c1ccccn1.